The van der Waals surface area contributed by atoms with E-state index in [1.807, 2.05) is 0 Å². The van der Waals surface area contributed by atoms with Gasteiger partial charge in [-0.25, -0.2) is 0 Å². The van der Waals surface area contributed by atoms with Crippen LogP contribution in [-0.4, -0.2) is 5.11 Å². The molecule has 0 spiro atoms. The van der Waals surface area contributed by atoms with Gasteiger partial charge in [0.2, 0.25) is 0 Å². The van der Waals surface area contributed by atoms with Crippen LogP contribution >= 0.6 is 0 Å². The Morgan fingerprint density at radius 2 is 1.76 bits per heavy atom. The van der Waals surface area contributed by atoms with Gasteiger partial charge in [-0.3, -0.25) is 0 Å². The van der Waals surface area contributed by atoms with E-state index < -0.39 is 17.3 Å². The van der Waals surface area contributed by atoms with Gasteiger partial charge in [0.25, 0.3) is 0 Å². The molecule has 1 aromatic carbocycles. The third-order valence-corrected chi connectivity index (χ3v) is 2.45. The van der Waals surface area contributed by atoms with Crippen LogP contribution in [0.3, 0.4) is 0 Å². The van der Waals surface area contributed by atoms with E-state index in [2.05, 4.69) is 0 Å². The van der Waals surface area contributed by atoms with Gasteiger partial charge in [0.1, 0.15) is 16.9 Å². The molecule has 0 aliphatic heterocycles. The van der Waals surface area contributed by atoms with E-state index in [4.69, 9.17) is 4.42 Å². The van der Waals surface area contributed by atoms with E-state index in [1.165, 1.54) is 26.0 Å². The molecule has 1 heterocycles. The lowest BCUT2D eigenvalue weighted by Crippen LogP contribution is -2.13. The fourth-order valence-corrected chi connectivity index (χ4v) is 1.51. The number of hydrogen-bond acceptors (Lipinski definition) is 2. The van der Waals surface area contributed by atoms with Crippen LogP contribution in [-0.2, 0) is 11.8 Å². The van der Waals surface area contributed by atoms with Crippen LogP contribution in [0.25, 0.3) is 11.0 Å². The van der Waals surface area contributed by atoms with Crippen molar-refractivity contribution in [3.63, 3.8) is 0 Å². The molecule has 0 aliphatic rings. The molecule has 1 aromatic heterocycles. The Labute approximate surface area is 95.7 Å². The number of halogens is 3. The lowest BCUT2D eigenvalue weighted by Gasteiger charge is -2.12. The molecule has 2 nitrogen and oxygen atoms in total. The van der Waals surface area contributed by atoms with E-state index in [-0.39, 0.29) is 11.3 Å². The fourth-order valence-electron chi connectivity index (χ4n) is 1.51. The Kier molecular flexibility index (Phi) is 2.47. The summed E-state index contributed by atoms with van der Waals surface area (Å²) in [6.45, 7) is 3.02. The van der Waals surface area contributed by atoms with Crippen LogP contribution in [0.5, 0.6) is 0 Å². The quantitative estimate of drug-likeness (QED) is 0.830. The number of fused-ring (bicyclic) bond motifs is 1. The fraction of sp³-hybridized carbons (Fsp3) is 0.333. The summed E-state index contributed by atoms with van der Waals surface area (Å²) < 4.78 is 42.6. The van der Waals surface area contributed by atoms with Crippen molar-refractivity contribution in [2.75, 3.05) is 0 Å². The van der Waals surface area contributed by atoms with Crippen LogP contribution < -0.4 is 0 Å². The summed E-state index contributed by atoms with van der Waals surface area (Å²) >= 11 is 0. The average molecular weight is 244 g/mol. The standard InChI is InChI=1S/C12H11F3O2/c1-11(2,16)10-5-7-3-4-8(12(13,14)15)6-9(7)17-10/h3-6,16H,1-2H3. The van der Waals surface area contributed by atoms with E-state index >= 15 is 0 Å². The summed E-state index contributed by atoms with van der Waals surface area (Å²) in [5, 5.41) is 10.2. The maximum atomic E-state index is 12.5. The second-order valence-corrected chi connectivity index (χ2v) is 4.42. The summed E-state index contributed by atoms with van der Waals surface area (Å²) in [4.78, 5) is 0. The van der Waals surface area contributed by atoms with E-state index in [0.29, 0.717) is 5.39 Å². The molecule has 0 atom stereocenters. The second-order valence-electron chi connectivity index (χ2n) is 4.42. The molecule has 0 saturated carbocycles. The Morgan fingerprint density at radius 3 is 2.29 bits per heavy atom. The van der Waals surface area contributed by atoms with Gasteiger partial charge in [0, 0.05) is 5.39 Å². The lowest BCUT2D eigenvalue weighted by atomic mass is 10.1. The number of benzene rings is 1. The predicted molar refractivity (Wildman–Crippen MR) is 56.5 cm³/mol. The maximum absolute atomic E-state index is 12.5. The Hall–Kier alpha value is -1.49. The molecule has 17 heavy (non-hydrogen) atoms. The first kappa shape index (κ1) is 12.0. The highest BCUT2D eigenvalue weighted by atomic mass is 19.4. The molecule has 0 aliphatic carbocycles. The number of alkyl halides is 3. The van der Waals surface area contributed by atoms with Gasteiger partial charge in [-0.05, 0) is 32.0 Å². The Balaban J connectivity index is 2.56. The zero-order valence-corrected chi connectivity index (χ0v) is 9.30. The second kappa shape index (κ2) is 3.50. The monoisotopic (exact) mass is 244 g/mol. The smallest absolute Gasteiger partial charge is 0.416 e. The maximum Gasteiger partial charge on any atom is 0.416 e. The van der Waals surface area contributed by atoms with Crippen molar-refractivity contribution in [2.24, 2.45) is 0 Å². The summed E-state index contributed by atoms with van der Waals surface area (Å²) in [5.74, 6) is 0.242. The molecule has 0 radical (unpaired) electrons. The Morgan fingerprint density at radius 1 is 1.12 bits per heavy atom. The zero-order valence-electron chi connectivity index (χ0n) is 9.30. The molecule has 2 aromatic rings. The number of hydrogen-bond donors (Lipinski definition) is 1. The minimum absolute atomic E-state index is 0.122. The van der Waals surface area contributed by atoms with Crippen molar-refractivity contribution in [1.82, 2.24) is 0 Å². The van der Waals surface area contributed by atoms with Gasteiger partial charge in [0.05, 0.1) is 5.56 Å². The summed E-state index contributed by atoms with van der Waals surface area (Å²) in [5.41, 5.74) is -1.85. The molecule has 0 amide bonds. The summed E-state index contributed by atoms with van der Waals surface area (Å²) in [7, 11) is 0. The molecule has 0 saturated heterocycles. The summed E-state index contributed by atoms with van der Waals surface area (Å²) in [6.07, 6.45) is -4.39. The molecule has 0 fully saturated rings. The number of rotatable bonds is 1. The van der Waals surface area contributed by atoms with Crippen molar-refractivity contribution < 1.29 is 22.7 Å². The molecular formula is C12H11F3O2. The van der Waals surface area contributed by atoms with Crippen LogP contribution in [0, 0.1) is 0 Å². The first-order chi connectivity index (χ1) is 7.68. The van der Waals surface area contributed by atoms with Gasteiger partial charge in [-0.2, -0.15) is 13.2 Å². The van der Waals surface area contributed by atoms with Crippen molar-refractivity contribution in [1.29, 1.82) is 0 Å². The highest BCUT2D eigenvalue weighted by molar-refractivity contribution is 5.79. The van der Waals surface area contributed by atoms with Gasteiger partial charge in [-0.1, -0.05) is 6.07 Å². The minimum Gasteiger partial charge on any atom is -0.458 e. The normalized spacial score (nSPS) is 13.3. The largest absolute Gasteiger partial charge is 0.458 e. The van der Waals surface area contributed by atoms with Gasteiger partial charge >= 0.3 is 6.18 Å². The molecule has 92 valence electrons. The van der Waals surface area contributed by atoms with Crippen LogP contribution in [0.15, 0.2) is 28.7 Å². The van der Waals surface area contributed by atoms with Crippen LogP contribution in [0.1, 0.15) is 25.2 Å². The van der Waals surface area contributed by atoms with Gasteiger partial charge in [-0.15, -0.1) is 0 Å². The van der Waals surface area contributed by atoms with Crippen molar-refractivity contribution >= 4 is 11.0 Å². The first-order valence-corrected chi connectivity index (χ1v) is 5.01. The number of aliphatic hydroxyl groups is 1. The third-order valence-electron chi connectivity index (χ3n) is 2.45. The van der Waals surface area contributed by atoms with E-state index in [0.717, 1.165) is 12.1 Å². The van der Waals surface area contributed by atoms with Crippen LogP contribution in [0.2, 0.25) is 0 Å². The van der Waals surface area contributed by atoms with Crippen molar-refractivity contribution in [2.45, 2.75) is 25.6 Å². The zero-order chi connectivity index (χ0) is 12.8. The molecule has 1 N–H and O–H groups in total. The van der Waals surface area contributed by atoms with E-state index in [9.17, 15) is 18.3 Å². The van der Waals surface area contributed by atoms with Crippen LogP contribution in [0.4, 0.5) is 13.2 Å². The Bertz CT molecular complexity index is 535. The molecule has 0 unspecified atom stereocenters. The highest BCUT2D eigenvalue weighted by Crippen LogP contribution is 2.34. The predicted octanol–water partition coefficient (Wildman–Crippen LogP) is 3.68. The molecule has 2 rings (SSSR count). The average Bonchev–Trinajstić information content (AvgIpc) is 2.57. The van der Waals surface area contributed by atoms with Crippen molar-refractivity contribution in [3.05, 3.63) is 35.6 Å². The van der Waals surface area contributed by atoms with E-state index in [1.54, 1.807) is 0 Å². The highest BCUT2D eigenvalue weighted by Gasteiger charge is 2.31. The molecule has 5 heteroatoms. The SMILES string of the molecule is CC(C)(O)c1cc2ccc(C(F)(F)F)cc2o1. The van der Waals surface area contributed by atoms with Gasteiger partial charge in [0.15, 0.2) is 0 Å². The molecule has 0 bridgehead atoms. The number of furan rings is 1. The first-order valence-electron chi connectivity index (χ1n) is 5.01. The van der Waals surface area contributed by atoms with Crippen molar-refractivity contribution in [3.8, 4) is 0 Å². The minimum atomic E-state index is -4.39. The third kappa shape index (κ3) is 2.29. The topological polar surface area (TPSA) is 33.4 Å². The summed E-state index contributed by atoms with van der Waals surface area (Å²) in [6, 6.07) is 4.79. The lowest BCUT2D eigenvalue weighted by molar-refractivity contribution is -0.137. The van der Waals surface area contributed by atoms with Gasteiger partial charge < -0.3 is 9.52 Å². The molecular weight excluding hydrogens is 233 g/mol.